The summed E-state index contributed by atoms with van der Waals surface area (Å²) in [5, 5.41) is 3.16. The van der Waals surface area contributed by atoms with Crippen molar-refractivity contribution in [1.29, 1.82) is 0 Å². The molecule has 1 aliphatic heterocycles. The SMILES string of the molecule is C=C(CCCCCCCCCCCCCCCCC)OCC(CCCCCC)CCCCCC.CNCCCN1CCCC1. The van der Waals surface area contributed by atoms with Gasteiger partial charge in [-0.05, 0) is 77.7 Å². The van der Waals surface area contributed by atoms with Crippen molar-refractivity contribution in [2.45, 2.75) is 207 Å². The van der Waals surface area contributed by atoms with Crippen LogP contribution in [0.5, 0.6) is 0 Å². The van der Waals surface area contributed by atoms with Crippen LogP contribution in [0.4, 0.5) is 0 Å². The first kappa shape index (κ1) is 43.5. The second-order valence-electron chi connectivity index (χ2n) is 14.1. The summed E-state index contributed by atoms with van der Waals surface area (Å²) >= 11 is 0. The summed E-state index contributed by atoms with van der Waals surface area (Å²) in [6, 6.07) is 0. The zero-order valence-corrected chi connectivity index (χ0v) is 31.2. The Hall–Kier alpha value is -0.540. The van der Waals surface area contributed by atoms with Crippen molar-refractivity contribution in [2.75, 3.05) is 39.8 Å². The predicted octanol–water partition coefficient (Wildman–Crippen LogP) is 13.0. The van der Waals surface area contributed by atoms with Crippen molar-refractivity contribution >= 4 is 0 Å². The molecule has 1 aliphatic rings. The van der Waals surface area contributed by atoms with Gasteiger partial charge in [0.2, 0.25) is 0 Å². The first-order valence-electron chi connectivity index (χ1n) is 20.3. The number of hydrogen-bond acceptors (Lipinski definition) is 3. The number of likely N-dealkylation sites (tertiary alicyclic amines) is 1. The molecule has 0 spiro atoms. The molecule has 1 rings (SSSR count). The molecule has 0 aromatic heterocycles. The smallest absolute Gasteiger partial charge is 0.0905 e. The highest BCUT2D eigenvalue weighted by Crippen LogP contribution is 2.21. The molecule has 1 fully saturated rings. The zero-order valence-electron chi connectivity index (χ0n) is 31.2. The van der Waals surface area contributed by atoms with E-state index < -0.39 is 0 Å². The molecule has 0 aliphatic carbocycles. The third kappa shape index (κ3) is 32.8. The van der Waals surface area contributed by atoms with Crippen LogP contribution < -0.4 is 5.32 Å². The number of allylic oxidation sites excluding steroid dienone is 1. The molecule has 0 radical (unpaired) electrons. The number of rotatable bonds is 33. The summed E-state index contributed by atoms with van der Waals surface area (Å²) in [7, 11) is 2.02. The molecule has 0 bridgehead atoms. The van der Waals surface area contributed by atoms with Crippen LogP contribution >= 0.6 is 0 Å². The van der Waals surface area contributed by atoms with Crippen molar-refractivity contribution in [3.8, 4) is 0 Å². The molecule has 3 heteroatoms. The van der Waals surface area contributed by atoms with Gasteiger partial charge in [-0.25, -0.2) is 0 Å². The number of unbranched alkanes of at least 4 members (excludes halogenated alkanes) is 20. The van der Waals surface area contributed by atoms with Crippen LogP contribution in [-0.4, -0.2) is 44.7 Å². The van der Waals surface area contributed by atoms with Crippen molar-refractivity contribution in [3.63, 3.8) is 0 Å². The Morgan fingerprint density at radius 3 is 1.43 bits per heavy atom. The van der Waals surface area contributed by atoms with E-state index in [2.05, 4.69) is 37.6 Å². The molecule has 0 unspecified atom stereocenters. The Bertz CT molecular complexity index is 533. The molecule has 0 aromatic carbocycles. The van der Waals surface area contributed by atoms with Crippen LogP contribution in [0.3, 0.4) is 0 Å². The molecule has 1 N–H and O–H groups in total. The minimum absolute atomic E-state index is 0.742. The van der Waals surface area contributed by atoms with Crippen LogP contribution in [0.2, 0.25) is 0 Å². The molecule has 0 aromatic rings. The second kappa shape index (κ2) is 36.9. The maximum Gasteiger partial charge on any atom is 0.0905 e. The van der Waals surface area contributed by atoms with Gasteiger partial charge in [-0.2, -0.15) is 0 Å². The van der Waals surface area contributed by atoms with Gasteiger partial charge in [0, 0.05) is 6.42 Å². The minimum Gasteiger partial charge on any atom is -0.498 e. The monoisotopic (exact) mass is 621 g/mol. The van der Waals surface area contributed by atoms with E-state index in [4.69, 9.17) is 4.74 Å². The van der Waals surface area contributed by atoms with Gasteiger partial charge in [-0.15, -0.1) is 0 Å². The zero-order chi connectivity index (χ0) is 32.2. The van der Waals surface area contributed by atoms with Gasteiger partial charge >= 0.3 is 0 Å². The van der Waals surface area contributed by atoms with Crippen LogP contribution in [0.25, 0.3) is 0 Å². The largest absolute Gasteiger partial charge is 0.498 e. The van der Waals surface area contributed by atoms with Gasteiger partial charge in [0.05, 0.1) is 12.4 Å². The number of ether oxygens (including phenoxy) is 1. The van der Waals surface area contributed by atoms with E-state index in [-0.39, 0.29) is 0 Å². The Labute approximate surface area is 279 Å². The fourth-order valence-electron chi connectivity index (χ4n) is 6.52. The highest BCUT2D eigenvalue weighted by Gasteiger charge is 2.11. The van der Waals surface area contributed by atoms with E-state index in [1.807, 2.05) is 7.05 Å². The van der Waals surface area contributed by atoms with Crippen LogP contribution in [0.1, 0.15) is 207 Å². The molecule has 1 saturated heterocycles. The average Bonchev–Trinajstić information content (AvgIpc) is 3.56. The fraction of sp³-hybridized carbons (Fsp3) is 0.951. The molecule has 264 valence electrons. The maximum absolute atomic E-state index is 6.14. The normalized spacial score (nSPS) is 13.4. The first-order valence-corrected chi connectivity index (χ1v) is 20.3. The summed E-state index contributed by atoms with van der Waals surface area (Å²) in [6.07, 6.45) is 40.2. The van der Waals surface area contributed by atoms with Crippen molar-refractivity contribution in [2.24, 2.45) is 5.92 Å². The molecule has 44 heavy (non-hydrogen) atoms. The Balaban J connectivity index is 0.00000155. The topological polar surface area (TPSA) is 24.5 Å². The first-order chi connectivity index (χ1) is 21.7. The van der Waals surface area contributed by atoms with Gasteiger partial charge in [-0.3, -0.25) is 0 Å². The molecule has 1 heterocycles. The van der Waals surface area contributed by atoms with Crippen molar-refractivity contribution in [1.82, 2.24) is 10.2 Å². The summed E-state index contributed by atoms with van der Waals surface area (Å²) in [4.78, 5) is 2.55. The maximum atomic E-state index is 6.14. The number of hydrogen-bond donors (Lipinski definition) is 1. The van der Waals surface area contributed by atoms with Gasteiger partial charge in [0.25, 0.3) is 0 Å². The molecular weight excluding hydrogens is 536 g/mol. The highest BCUT2D eigenvalue weighted by atomic mass is 16.5. The molecule has 0 atom stereocenters. The predicted molar refractivity (Wildman–Crippen MR) is 200 cm³/mol. The lowest BCUT2D eigenvalue weighted by Crippen LogP contribution is -2.23. The van der Waals surface area contributed by atoms with Crippen molar-refractivity contribution in [3.05, 3.63) is 12.3 Å². The second-order valence-corrected chi connectivity index (χ2v) is 14.1. The van der Waals surface area contributed by atoms with Crippen LogP contribution in [0.15, 0.2) is 12.3 Å². The van der Waals surface area contributed by atoms with E-state index in [0.29, 0.717) is 0 Å². The average molecular weight is 621 g/mol. The lowest BCUT2D eigenvalue weighted by Gasteiger charge is -2.19. The van der Waals surface area contributed by atoms with Gasteiger partial charge in [0.15, 0.2) is 0 Å². The van der Waals surface area contributed by atoms with E-state index in [1.54, 1.807) is 0 Å². The van der Waals surface area contributed by atoms with E-state index in [0.717, 1.165) is 31.2 Å². The van der Waals surface area contributed by atoms with E-state index in [1.165, 1.54) is 199 Å². The highest BCUT2D eigenvalue weighted by molar-refractivity contribution is 4.82. The van der Waals surface area contributed by atoms with Crippen LogP contribution in [0, 0.1) is 5.92 Å². The van der Waals surface area contributed by atoms with Gasteiger partial charge < -0.3 is 15.0 Å². The Kier molecular flexibility index (Phi) is 36.5. The van der Waals surface area contributed by atoms with Gasteiger partial charge in [0.1, 0.15) is 0 Å². The standard InChI is InChI=1S/C33H66O.C8H18N2/c1-5-8-11-14-15-16-17-18-19-20-21-22-23-24-25-28-32(4)34-31-33(29-26-12-9-6-2)30-27-13-10-7-3;1-9-5-4-8-10-6-2-3-7-10/h33H,4-31H2,1-3H3;9H,2-8H2,1H3. The summed E-state index contributed by atoms with van der Waals surface area (Å²) in [6.45, 7) is 17.2. The third-order valence-electron chi connectivity index (χ3n) is 9.61. The number of nitrogens with zero attached hydrogens (tertiary/aromatic N) is 1. The van der Waals surface area contributed by atoms with E-state index >= 15 is 0 Å². The lowest BCUT2D eigenvalue weighted by atomic mass is 9.95. The summed E-state index contributed by atoms with van der Waals surface area (Å²) in [5.74, 6) is 1.79. The molecule has 0 amide bonds. The summed E-state index contributed by atoms with van der Waals surface area (Å²) < 4.78 is 6.14. The molecular formula is C41H84N2O. The quantitative estimate of drug-likeness (QED) is 0.0583. The third-order valence-corrected chi connectivity index (χ3v) is 9.61. The summed E-state index contributed by atoms with van der Waals surface area (Å²) in [5.41, 5.74) is 0. The van der Waals surface area contributed by atoms with Gasteiger partial charge in [-0.1, -0.05) is 169 Å². The lowest BCUT2D eigenvalue weighted by molar-refractivity contribution is 0.144. The Morgan fingerprint density at radius 1 is 0.591 bits per heavy atom. The van der Waals surface area contributed by atoms with E-state index in [9.17, 15) is 0 Å². The molecule has 3 nitrogen and oxygen atoms in total. The van der Waals surface area contributed by atoms with Crippen LogP contribution in [-0.2, 0) is 4.74 Å². The number of nitrogens with one attached hydrogen (secondary N) is 1. The van der Waals surface area contributed by atoms with Crippen molar-refractivity contribution < 1.29 is 4.74 Å². The Morgan fingerprint density at radius 2 is 1.00 bits per heavy atom. The molecule has 0 saturated carbocycles. The minimum atomic E-state index is 0.742. The fourth-order valence-corrected chi connectivity index (χ4v) is 6.52.